The van der Waals surface area contributed by atoms with Gasteiger partial charge in [0.25, 0.3) is 0 Å². The Morgan fingerprint density at radius 2 is 0.415 bits per heavy atom. The van der Waals surface area contributed by atoms with Gasteiger partial charge in [0.05, 0.1) is 0 Å². The zero-order valence-corrected chi connectivity index (χ0v) is 27.0. The average Bonchev–Trinajstić information content (AvgIpc) is 3.05. The molecule has 0 bridgehead atoms. The fourth-order valence-electron chi connectivity index (χ4n) is 5.87. The molecule has 0 spiro atoms. The van der Waals surface area contributed by atoms with E-state index in [2.05, 4.69) is 182 Å². The van der Waals surface area contributed by atoms with E-state index in [4.69, 9.17) is 20.3 Å². The topological polar surface area (TPSA) is 0 Å². The van der Waals surface area contributed by atoms with Crippen molar-refractivity contribution in [2.24, 2.45) is 0 Å². The molecule has 0 nitrogen and oxygen atoms in total. The molecule has 6 aromatic carbocycles. The van der Waals surface area contributed by atoms with E-state index in [1.807, 2.05) is 0 Å². The maximum atomic E-state index is 8.59. The first-order valence-corrected chi connectivity index (χ1v) is 23.2. The second kappa shape index (κ2) is 12.2. The van der Waals surface area contributed by atoms with Crippen LogP contribution in [0.25, 0.3) is 0 Å². The monoisotopic (exact) mass is 655 g/mol. The Bertz CT molecular complexity index is 1360. The third kappa shape index (κ3) is 4.70. The van der Waals surface area contributed by atoms with Crippen molar-refractivity contribution in [1.29, 1.82) is 0 Å². The van der Waals surface area contributed by atoms with Crippen molar-refractivity contribution >= 4 is 64.1 Å². The average molecular weight is 656 g/mol. The fourth-order valence-corrected chi connectivity index (χ4v) is 47.8. The van der Waals surface area contributed by atoms with Crippen LogP contribution < -0.4 is 31.8 Å². The van der Waals surface area contributed by atoms with Crippen LogP contribution in [0.15, 0.2) is 182 Å². The zero-order chi connectivity index (χ0) is 28.2. The summed E-state index contributed by atoms with van der Waals surface area (Å²) >= 11 is 0. The Kier molecular flexibility index (Phi) is 8.48. The van der Waals surface area contributed by atoms with Crippen molar-refractivity contribution < 1.29 is 9.94 Å². The SMILES string of the molecule is [Cl][Co]([Cl])([PH](c1ccccc1)(c1ccccc1)c1ccccc1)[PH](c1ccccc1)(c1ccccc1)c1ccccc1. The summed E-state index contributed by atoms with van der Waals surface area (Å²) in [5, 5.41) is 7.39. The first-order chi connectivity index (χ1) is 20.1. The molecule has 6 aromatic rings. The van der Waals surface area contributed by atoms with Crippen LogP contribution in [0, 0.1) is 0 Å². The number of rotatable bonds is 8. The molecule has 209 valence electrons. The van der Waals surface area contributed by atoms with Crippen LogP contribution in [-0.2, 0) is 9.94 Å². The van der Waals surface area contributed by atoms with E-state index in [0.29, 0.717) is 0 Å². The number of hydrogen-bond donors (Lipinski definition) is 0. The van der Waals surface area contributed by atoms with E-state index in [0.717, 1.165) is 0 Å². The molecule has 6 rings (SSSR count). The molecule has 41 heavy (non-hydrogen) atoms. The Labute approximate surface area is 254 Å². The molecule has 0 saturated heterocycles. The molecule has 0 amide bonds. The van der Waals surface area contributed by atoms with Gasteiger partial charge in [-0.25, -0.2) is 0 Å². The maximum absolute atomic E-state index is 8.59. The van der Waals surface area contributed by atoms with Gasteiger partial charge in [-0.2, -0.15) is 0 Å². The predicted molar refractivity (Wildman–Crippen MR) is 185 cm³/mol. The van der Waals surface area contributed by atoms with Crippen LogP contribution in [0.5, 0.6) is 0 Å². The van der Waals surface area contributed by atoms with Gasteiger partial charge in [-0.1, -0.05) is 0 Å². The summed E-state index contributed by atoms with van der Waals surface area (Å²) in [6, 6.07) is 65.1. The van der Waals surface area contributed by atoms with Crippen LogP contribution in [0.1, 0.15) is 0 Å². The molecule has 0 aromatic heterocycles. The minimum absolute atomic E-state index is 1.23. The van der Waals surface area contributed by atoms with Gasteiger partial charge in [-0.15, -0.1) is 0 Å². The second-order valence-electron chi connectivity index (χ2n) is 9.83. The van der Waals surface area contributed by atoms with E-state index in [9.17, 15) is 0 Å². The minimum atomic E-state index is -3.13. The van der Waals surface area contributed by atoms with E-state index in [1.165, 1.54) is 31.8 Å². The number of benzene rings is 6. The second-order valence-corrected chi connectivity index (χ2v) is 34.3. The normalized spacial score (nSPS) is 13.3. The Morgan fingerprint density at radius 1 is 0.268 bits per heavy atom. The van der Waals surface area contributed by atoms with Gasteiger partial charge in [-0.05, 0) is 0 Å². The van der Waals surface area contributed by atoms with Gasteiger partial charge in [0.2, 0.25) is 0 Å². The predicted octanol–water partition coefficient (Wildman–Crippen LogP) is 7.73. The van der Waals surface area contributed by atoms with Crippen LogP contribution in [0.3, 0.4) is 0 Å². The molecule has 0 fully saturated rings. The van der Waals surface area contributed by atoms with E-state index >= 15 is 0 Å². The van der Waals surface area contributed by atoms with E-state index in [-0.39, 0.29) is 0 Å². The summed E-state index contributed by atoms with van der Waals surface area (Å²) in [6.45, 7) is 0. The Hall–Kier alpha value is -2.73. The molecule has 0 unspecified atom stereocenters. The summed E-state index contributed by atoms with van der Waals surface area (Å²) in [7, 11) is 14.2. The van der Waals surface area contributed by atoms with Crippen molar-refractivity contribution in [1.82, 2.24) is 0 Å². The summed E-state index contributed by atoms with van der Waals surface area (Å²) in [5.74, 6) is -6.27. The zero-order valence-electron chi connectivity index (χ0n) is 22.4. The Balaban J connectivity index is 1.86. The molecule has 0 atom stereocenters. The molecule has 0 saturated carbocycles. The van der Waals surface area contributed by atoms with Gasteiger partial charge in [0, 0.05) is 0 Å². The van der Waals surface area contributed by atoms with Gasteiger partial charge in [0.15, 0.2) is 0 Å². The fraction of sp³-hybridized carbons (Fsp3) is 0. The van der Waals surface area contributed by atoms with Gasteiger partial charge in [-0.3, -0.25) is 0 Å². The van der Waals surface area contributed by atoms with Crippen LogP contribution >= 0.6 is 32.3 Å². The molecular formula is C36H32Cl2CoP2. The van der Waals surface area contributed by atoms with Crippen LogP contribution in [-0.4, -0.2) is 0 Å². The number of hydrogen-bond acceptors (Lipinski definition) is 0. The van der Waals surface area contributed by atoms with Crippen LogP contribution in [0.4, 0.5) is 0 Å². The summed E-state index contributed by atoms with van der Waals surface area (Å²) in [5.41, 5.74) is 0. The quantitative estimate of drug-likeness (QED) is 0.147. The third-order valence-electron chi connectivity index (χ3n) is 7.58. The molecule has 0 aliphatic carbocycles. The van der Waals surface area contributed by atoms with Gasteiger partial charge >= 0.3 is 256 Å². The van der Waals surface area contributed by atoms with Crippen molar-refractivity contribution in [2.75, 3.05) is 0 Å². The van der Waals surface area contributed by atoms with E-state index in [1.54, 1.807) is 0 Å². The molecule has 0 radical (unpaired) electrons. The van der Waals surface area contributed by atoms with Crippen molar-refractivity contribution in [3.63, 3.8) is 0 Å². The summed E-state index contributed by atoms with van der Waals surface area (Å²) in [6.07, 6.45) is 0. The third-order valence-corrected chi connectivity index (χ3v) is 42.3. The molecule has 0 N–H and O–H groups in total. The molecule has 0 aliphatic heterocycles. The van der Waals surface area contributed by atoms with Crippen molar-refractivity contribution in [3.8, 4) is 0 Å². The standard InChI is InChI=1S/2C18H15P.2ClH.Co/c2*1-4-10-16(11-5-1)19(17-12-6-2-7-13-17)18-14-8-3-9-15-18;;;/h2*1-15H;2*1H;. The summed E-state index contributed by atoms with van der Waals surface area (Å²) < 4.78 is 0. The first-order valence-electron chi connectivity index (χ1n) is 13.5. The molecular weight excluding hydrogens is 624 g/mol. The van der Waals surface area contributed by atoms with Gasteiger partial charge in [0.1, 0.15) is 0 Å². The molecule has 0 heterocycles. The summed E-state index contributed by atoms with van der Waals surface area (Å²) in [4.78, 5) is 0. The van der Waals surface area contributed by atoms with Crippen LogP contribution in [0.2, 0.25) is 0 Å². The first kappa shape index (κ1) is 28.4. The number of halogens is 2. The van der Waals surface area contributed by atoms with Crippen molar-refractivity contribution in [2.45, 2.75) is 0 Å². The molecule has 0 aliphatic rings. The molecule has 5 heteroatoms. The Morgan fingerprint density at radius 3 is 0.561 bits per heavy atom. The van der Waals surface area contributed by atoms with E-state index < -0.39 is 21.9 Å². The van der Waals surface area contributed by atoms with Gasteiger partial charge < -0.3 is 0 Å². The van der Waals surface area contributed by atoms with Crippen molar-refractivity contribution in [3.05, 3.63) is 182 Å².